The number of carbonyl (C=O) groups excluding carboxylic acids is 1. The SMILES string of the molecule is Cc1nc2cccnc2n1CCN1CCN(C(=O)NCC(C)C)CC1. The standard InChI is InChI=1S/C18H28N6O/c1-14(2)13-20-18(25)23-10-7-22(8-11-23)9-12-24-15(3)21-16-5-4-6-19-17(16)24/h4-6,14H,7-13H2,1-3H3,(H,20,25). The number of pyridine rings is 1. The summed E-state index contributed by atoms with van der Waals surface area (Å²) in [6.45, 7) is 12.2. The van der Waals surface area contributed by atoms with E-state index >= 15 is 0 Å². The van der Waals surface area contributed by atoms with Gasteiger partial charge in [0.05, 0.1) is 0 Å². The maximum absolute atomic E-state index is 12.1. The molecule has 0 radical (unpaired) electrons. The number of hydrogen-bond donors (Lipinski definition) is 1. The molecule has 0 spiro atoms. The molecule has 1 fully saturated rings. The smallest absolute Gasteiger partial charge is 0.317 e. The van der Waals surface area contributed by atoms with Crippen molar-refractivity contribution in [2.75, 3.05) is 39.3 Å². The van der Waals surface area contributed by atoms with Gasteiger partial charge in [0, 0.05) is 52.0 Å². The van der Waals surface area contributed by atoms with Crippen molar-refractivity contribution < 1.29 is 4.79 Å². The molecule has 0 bridgehead atoms. The number of piperazine rings is 1. The van der Waals surface area contributed by atoms with Crippen molar-refractivity contribution in [3.8, 4) is 0 Å². The first-order chi connectivity index (χ1) is 12.0. The van der Waals surface area contributed by atoms with Crippen molar-refractivity contribution in [2.45, 2.75) is 27.3 Å². The molecule has 1 N–H and O–H groups in total. The predicted octanol–water partition coefficient (Wildman–Crippen LogP) is 1.72. The molecule has 136 valence electrons. The first-order valence-corrected chi connectivity index (χ1v) is 9.07. The zero-order chi connectivity index (χ0) is 17.8. The predicted molar refractivity (Wildman–Crippen MR) is 98.5 cm³/mol. The molecule has 2 amide bonds. The first kappa shape index (κ1) is 17.7. The topological polar surface area (TPSA) is 66.3 Å². The highest BCUT2D eigenvalue weighted by Gasteiger charge is 2.21. The molecule has 0 unspecified atom stereocenters. The number of rotatable bonds is 5. The molecular weight excluding hydrogens is 316 g/mol. The summed E-state index contributed by atoms with van der Waals surface area (Å²) in [5.74, 6) is 1.48. The minimum absolute atomic E-state index is 0.0639. The quantitative estimate of drug-likeness (QED) is 0.897. The second-order valence-electron chi connectivity index (χ2n) is 7.07. The Bertz CT molecular complexity index is 717. The fraction of sp³-hybridized carbons (Fsp3) is 0.611. The lowest BCUT2D eigenvalue weighted by atomic mass is 10.2. The molecular formula is C18H28N6O. The Morgan fingerprint density at radius 1 is 1.24 bits per heavy atom. The highest BCUT2D eigenvalue weighted by Crippen LogP contribution is 2.13. The van der Waals surface area contributed by atoms with Crippen LogP contribution in [0.2, 0.25) is 0 Å². The van der Waals surface area contributed by atoms with E-state index in [-0.39, 0.29) is 6.03 Å². The van der Waals surface area contributed by atoms with Crippen LogP contribution in [-0.2, 0) is 6.54 Å². The molecule has 0 aromatic carbocycles. The summed E-state index contributed by atoms with van der Waals surface area (Å²) >= 11 is 0. The van der Waals surface area contributed by atoms with Crippen molar-refractivity contribution >= 4 is 17.2 Å². The average molecular weight is 344 g/mol. The van der Waals surface area contributed by atoms with E-state index in [9.17, 15) is 4.79 Å². The molecule has 1 saturated heterocycles. The average Bonchev–Trinajstić information content (AvgIpc) is 2.93. The normalized spacial score (nSPS) is 15.9. The van der Waals surface area contributed by atoms with Crippen molar-refractivity contribution in [1.29, 1.82) is 0 Å². The zero-order valence-corrected chi connectivity index (χ0v) is 15.4. The van der Waals surface area contributed by atoms with Crippen molar-refractivity contribution in [3.63, 3.8) is 0 Å². The maximum atomic E-state index is 12.1. The van der Waals surface area contributed by atoms with E-state index in [2.05, 4.69) is 38.6 Å². The number of carbonyl (C=O) groups is 1. The Morgan fingerprint density at radius 2 is 2.00 bits per heavy atom. The van der Waals surface area contributed by atoms with Crippen molar-refractivity contribution in [2.24, 2.45) is 5.92 Å². The fourth-order valence-electron chi connectivity index (χ4n) is 3.16. The molecule has 2 aromatic rings. The molecule has 3 rings (SSSR count). The third-order valence-electron chi connectivity index (χ3n) is 4.66. The molecule has 1 aliphatic rings. The van der Waals surface area contributed by atoms with Gasteiger partial charge in [0.15, 0.2) is 5.65 Å². The summed E-state index contributed by atoms with van der Waals surface area (Å²) in [4.78, 5) is 25.5. The van der Waals surface area contributed by atoms with Crippen LogP contribution in [0, 0.1) is 12.8 Å². The number of aromatic nitrogens is 3. The van der Waals surface area contributed by atoms with E-state index in [0.717, 1.165) is 62.8 Å². The highest BCUT2D eigenvalue weighted by molar-refractivity contribution is 5.74. The number of nitrogens with one attached hydrogen (secondary N) is 1. The number of imidazole rings is 1. The Labute approximate surface area is 149 Å². The Hall–Kier alpha value is -2.15. The number of fused-ring (bicyclic) bond motifs is 1. The van der Waals surface area contributed by atoms with Crippen LogP contribution in [0.5, 0.6) is 0 Å². The number of amides is 2. The van der Waals surface area contributed by atoms with Crippen molar-refractivity contribution in [1.82, 2.24) is 29.7 Å². The molecule has 2 aromatic heterocycles. The summed E-state index contributed by atoms with van der Waals surface area (Å²) in [5.41, 5.74) is 1.90. The second kappa shape index (κ2) is 7.82. The van der Waals surface area contributed by atoms with Crippen LogP contribution in [0.15, 0.2) is 18.3 Å². The molecule has 0 saturated carbocycles. The molecule has 0 aliphatic carbocycles. The third-order valence-corrected chi connectivity index (χ3v) is 4.66. The maximum Gasteiger partial charge on any atom is 0.317 e. The Kier molecular flexibility index (Phi) is 5.53. The molecule has 0 atom stereocenters. The van der Waals surface area contributed by atoms with Gasteiger partial charge < -0.3 is 14.8 Å². The van der Waals surface area contributed by atoms with Gasteiger partial charge in [0.1, 0.15) is 11.3 Å². The molecule has 7 heteroatoms. The van der Waals surface area contributed by atoms with Crippen LogP contribution < -0.4 is 5.32 Å². The van der Waals surface area contributed by atoms with Gasteiger partial charge in [-0.15, -0.1) is 0 Å². The van der Waals surface area contributed by atoms with Gasteiger partial charge in [-0.05, 0) is 25.0 Å². The molecule has 25 heavy (non-hydrogen) atoms. The molecule has 3 heterocycles. The third kappa shape index (κ3) is 4.28. The molecule has 1 aliphatic heterocycles. The summed E-state index contributed by atoms with van der Waals surface area (Å²) in [5, 5.41) is 3.00. The molecule has 7 nitrogen and oxygen atoms in total. The van der Waals surface area contributed by atoms with E-state index in [4.69, 9.17) is 0 Å². The van der Waals surface area contributed by atoms with E-state index < -0.39 is 0 Å². The van der Waals surface area contributed by atoms with Crippen molar-refractivity contribution in [3.05, 3.63) is 24.2 Å². The van der Waals surface area contributed by atoms with E-state index in [1.165, 1.54) is 0 Å². The fourth-order valence-corrected chi connectivity index (χ4v) is 3.16. The number of hydrogen-bond acceptors (Lipinski definition) is 4. The first-order valence-electron chi connectivity index (χ1n) is 9.07. The number of aryl methyl sites for hydroxylation is 1. The van der Waals surface area contributed by atoms with Gasteiger partial charge in [-0.2, -0.15) is 0 Å². The van der Waals surface area contributed by atoms with Gasteiger partial charge in [-0.1, -0.05) is 13.8 Å². The summed E-state index contributed by atoms with van der Waals surface area (Å²) in [6, 6.07) is 3.98. The number of nitrogens with zero attached hydrogens (tertiary/aromatic N) is 5. The largest absolute Gasteiger partial charge is 0.338 e. The van der Waals surface area contributed by atoms with Crippen LogP contribution in [0.3, 0.4) is 0 Å². The summed E-state index contributed by atoms with van der Waals surface area (Å²) in [6.07, 6.45) is 1.81. The minimum atomic E-state index is 0.0639. The van der Waals surface area contributed by atoms with Gasteiger partial charge in [0.25, 0.3) is 0 Å². The van der Waals surface area contributed by atoms with Gasteiger partial charge >= 0.3 is 6.03 Å². The lowest BCUT2D eigenvalue weighted by molar-refractivity contribution is 0.136. The zero-order valence-electron chi connectivity index (χ0n) is 15.4. The van der Waals surface area contributed by atoms with Gasteiger partial charge in [0.2, 0.25) is 0 Å². The van der Waals surface area contributed by atoms with Gasteiger partial charge in [-0.25, -0.2) is 14.8 Å². The van der Waals surface area contributed by atoms with Crippen LogP contribution in [0.25, 0.3) is 11.2 Å². The Morgan fingerprint density at radius 3 is 2.72 bits per heavy atom. The van der Waals surface area contributed by atoms with E-state index in [1.54, 1.807) is 0 Å². The summed E-state index contributed by atoms with van der Waals surface area (Å²) < 4.78 is 2.18. The van der Waals surface area contributed by atoms with E-state index in [0.29, 0.717) is 5.92 Å². The lowest BCUT2D eigenvalue weighted by Gasteiger charge is -2.34. The Balaban J connectivity index is 1.49. The van der Waals surface area contributed by atoms with Crippen LogP contribution >= 0.6 is 0 Å². The van der Waals surface area contributed by atoms with Crippen LogP contribution in [0.1, 0.15) is 19.7 Å². The highest BCUT2D eigenvalue weighted by atomic mass is 16.2. The van der Waals surface area contributed by atoms with Crippen LogP contribution in [-0.4, -0.2) is 69.6 Å². The minimum Gasteiger partial charge on any atom is -0.338 e. The lowest BCUT2D eigenvalue weighted by Crippen LogP contribution is -2.52. The van der Waals surface area contributed by atoms with Gasteiger partial charge in [-0.3, -0.25) is 4.90 Å². The van der Waals surface area contributed by atoms with E-state index in [1.807, 2.05) is 30.2 Å². The number of urea groups is 1. The second-order valence-corrected chi connectivity index (χ2v) is 7.07. The monoisotopic (exact) mass is 344 g/mol. The summed E-state index contributed by atoms with van der Waals surface area (Å²) in [7, 11) is 0. The van der Waals surface area contributed by atoms with Crippen LogP contribution in [0.4, 0.5) is 4.79 Å².